The van der Waals surface area contributed by atoms with Gasteiger partial charge in [0.2, 0.25) is 0 Å². The minimum atomic E-state index is -3.99. The zero-order valence-electron chi connectivity index (χ0n) is 11.0. The quantitative estimate of drug-likeness (QED) is 0.667. The van der Waals surface area contributed by atoms with Gasteiger partial charge >= 0.3 is 11.8 Å². The molecule has 0 amide bonds. The Bertz CT molecular complexity index is 662. The minimum Gasteiger partial charge on any atom is -0.200 e. The second-order valence-corrected chi connectivity index (χ2v) is 5.45. The van der Waals surface area contributed by atoms with E-state index in [-0.39, 0.29) is 6.42 Å². The van der Waals surface area contributed by atoms with Crippen LogP contribution < -0.4 is 0 Å². The van der Waals surface area contributed by atoms with E-state index in [0.717, 1.165) is 10.8 Å². The van der Waals surface area contributed by atoms with Crippen molar-refractivity contribution in [1.82, 2.24) is 0 Å². The number of rotatable bonds is 2. The van der Waals surface area contributed by atoms with Crippen LogP contribution >= 0.6 is 0 Å². The monoisotopic (exact) mass is 282 g/mol. The van der Waals surface area contributed by atoms with Crippen LogP contribution in [-0.4, -0.2) is 11.8 Å². The average Bonchev–Trinajstić information content (AvgIpc) is 2.44. The molecular weight excluding hydrogens is 268 g/mol. The highest BCUT2D eigenvalue weighted by Crippen LogP contribution is 2.65. The van der Waals surface area contributed by atoms with Crippen molar-refractivity contribution in [3.05, 3.63) is 48.0 Å². The summed E-state index contributed by atoms with van der Waals surface area (Å²) in [4.78, 5) is 0. The second-order valence-electron chi connectivity index (χ2n) is 5.45. The second kappa shape index (κ2) is 3.96. The summed E-state index contributed by atoms with van der Waals surface area (Å²) in [5.41, 5.74) is -1.45. The predicted molar refractivity (Wildman–Crippen MR) is 70.4 cm³/mol. The zero-order chi connectivity index (χ0) is 14.6. The molecule has 1 aliphatic rings. The Labute approximate surface area is 114 Å². The Balaban J connectivity index is 2.14. The minimum absolute atomic E-state index is 0.00602. The molecule has 1 unspecified atom stereocenters. The maximum absolute atomic E-state index is 14.0. The van der Waals surface area contributed by atoms with Crippen LogP contribution in [0.5, 0.6) is 0 Å². The Hall–Kier alpha value is -1.58. The number of halogens is 4. The van der Waals surface area contributed by atoms with E-state index in [9.17, 15) is 17.6 Å². The van der Waals surface area contributed by atoms with E-state index in [1.54, 1.807) is 37.3 Å². The van der Waals surface area contributed by atoms with Crippen molar-refractivity contribution in [1.29, 1.82) is 0 Å². The molecule has 0 nitrogen and oxygen atoms in total. The summed E-state index contributed by atoms with van der Waals surface area (Å²) in [7, 11) is 0. The molecule has 4 heteroatoms. The third kappa shape index (κ3) is 1.48. The summed E-state index contributed by atoms with van der Waals surface area (Å²) in [5.74, 6) is -7.90. The molecule has 1 saturated carbocycles. The van der Waals surface area contributed by atoms with Crippen LogP contribution in [0.4, 0.5) is 17.6 Å². The summed E-state index contributed by atoms with van der Waals surface area (Å²) < 4.78 is 54.4. The largest absolute Gasteiger partial charge is 0.319 e. The summed E-state index contributed by atoms with van der Waals surface area (Å²) >= 11 is 0. The fourth-order valence-corrected chi connectivity index (χ4v) is 3.17. The molecule has 0 aliphatic heterocycles. The lowest BCUT2D eigenvalue weighted by atomic mass is 9.57. The molecule has 0 aromatic heterocycles. The molecule has 2 aromatic carbocycles. The molecule has 2 aromatic rings. The highest BCUT2D eigenvalue weighted by Gasteiger charge is 2.79. The van der Waals surface area contributed by atoms with E-state index in [0.29, 0.717) is 5.56 Å². The third-order valence-corrected chi connectivity index (χ3v) is 4.49. The number of benzene rings is 2. The Morgan fingerprint density at radius 1 is 0.950 bits per heavy atom. The van der Waals surface area contributed by atoms with Crippen LogP contribution in [0.2, 0.25) is 0 Å². The van der Waals surface area contributed by atoms with E-state index in [1.807, 2.05) is 12.1 Å². The molecule has 0 bridgehead atoms. The summed E-state index contributed by atoms with van der Waals surface area (Å²) in [6, 6.07) is 12.2. The lowest BCUT2D eigenvalue weighted by Crippen LogP contribution is -2.69. The van der Waals surface area contributed by atoms with Crippen LogP contribution in [0.3, 0.4) is 0 Å². The predicted octanol–water partition coefficient (Wildman–Crippen LogP) is 5.16. The molecule has 1 atom stereocenters. The first-order chi connectivity index (χ1) is 9.34. The normalized spacial score (nSPS) is 27.2. The lowest BCUT2D eigenvalue weighted by Gasteiger charge is -2.54. The van der Waals surface area contributed by atoms with Crippen molar-refractivity contribution in [3.8, 4) is 0 Å². The molecular formula is C16H14F4. The molecule has 3 rings (SSSR count). The van der Waals surface area contributed by atoms with Gasteiger partial charge in [0.25, 0.3) is 0 Å². The standard InChI is InChI=1S/C16H14F4/c1-2-14(10-15(17,18)16(14,19)20)13-8-7-11-5-3-4-6-12(11)9-13/h3-9H,2,10H2,1H3. The van der Waals surface area contributed by atoms with Crippen LogP contribution in [0, 0.1) is 0 Å². The Morgan fingerprint density at radius 3 is 2.15 bits per heavy atom. The van der Waals surface area contributed by atoms with Gasteiger partial charge in [0.15, 0.2) is 0 Å². The van der Waals surface area contributed by atoms with E-state index in [4.69, 9.17) is 0 Å². The van der Waals surface area contributed by atoms with Crippen molar-refractivity contribution in [3.63, 3.8) is 0 Å². The first-order valence-electron chi connectivity index (χ1n) is 6.59. The lowest BCUT2D eigenvalue weighted by molar-refractivity contribution is -0.328. The molecule has 106 valence electrons. The fourth-order valence-electron chi connectivity index (χ4n) is 3.17. The number of hydrogen-bond acceptors (Lipinski definition) is 0. The highest BCUT2D eigenvalue weighted by atomic mass is 19.3. The SMILES string of the molecule is CCC1(c2ccc3ccccc3c2)CC(F)(F)C1(F)F. The summed E-state index contributed by atoms with van der Waals surface area (Å²) in [6.45, 7) is 1.54. The van der Waals surface area contributed by atoms with E-state index in [1.165, 1.54) is 0 Å². The van der Waals surface area contributed by atoms with Gasteiger partial charge in [-0.25, -0.2) is 0 Å². The molecule has 0 heterocycles. The van der Waals surface area contributed by atoms with E-state index >= 15 is 0 Å². The number of alkyl halides is 4. The maximum atomic E-state index is 14.0. The third-order valence-electron chi connectivity index (χ3n) is 4.49. The molecule has 1 aliphatic carbocycles. The molecule has 0 radical (unpaired) electrons. The average molecular weight is 282 g/mol. The van der Waals surface area contributed by atoms with Gasteiger partial charge in [-0.15, -0.1) is 0 Å². The van der Waals surface area contributed by atoms with Crippen LogP contribution in [0.25, 0.3) is 10.8 Å². The van der Waals surface area contributed by atoms with Gasteiger partial charge in [0.1, 0.15) is 0 Å². The van der Waals surface area contributed by atoms with E-state index in [2.05, 4.69) is 0 Å². The van der Waals surface area contributed by atoms with Crippen LogP contribution in [0.15, 0.2) is 42.5 Å². The van der Waals surface area contributed by atoms with Crippen LogP contribution in [0.1, 0.15) is 25.3 Å². The van der Waals surface area contributed by atoms with Gasteiger partial charge < -0.3 is 0 Å². The highest BCUT2D eigenvalue weighted by molar-refractivity contribution is 5.83. The van der Waals surface area contributed by atoms with Gasteiger partial charge in [0.05, 0.1) is 5.41 Å². The zero-order valence-corrected chi connectivity index (χ0v) is 11.0. The molecule has 0 N–H and O–H groups in total. The smallest absolute Gasteiger partial charge is 0.200 e. The molecule has 20 heavy (non-hydrogen) atoms. The van der Waals surface area contributed by atoms with Gasteiger partial charge in [-0.2, -0.15) is 17.6 Å². The summed E-state index contributed by atoms with van der Waals surface area (Å²) in [5, 5.41) is 1.71. The molecule has 0 spiro atoms. The topological polar surface area (TPSA) is 0 Å². The number of hydrogen-bond donors (Lipinski definition) is 0. The van der Waals surface area contributed by atoms with Gasteiger partial charge in [-0.1, -0.05) is 49.4 Å². The van der Waals surface area contributed by atoms with Gasteiger partial charge in [-0.3, -0.25) is 0 Å². The van der Waals surface area contributed by atoms with Crippen molar-refractivity contribution >= 4 is 10.8 Å². The first kappa shape index (κ1) is 13.4. The van der Waals surface area contributed by atoms with Crippen molar-refractivity contribution in [2.24, 2.45) is 0 Å². The van der Waals surface area contributed by atoms with Crippen LogP contribution in [-0.2, 0) is 5.41 Å². The first-order valence-corrected chi connectivity index (χ1v) is 6.59. The maximum Gasteiger partial charge on any atom is 0.319 e. The Kier molecular flexibility index (Phi) is 2.66. The fraction of sp³-hybridized carbons (Fsp3) is 0.375. The van der Waals surface area contributed by atoms with Crippen molar-refractivity contribution < 1.29 is 17.6 Å². The van der Waals surface area contributed by atoms with Gasteiger partial charge in [-0.05, 0) is 22.8 Å². The van der Waals surface area contributed by atoms with Crippen molar-refractivity contribution in [2.75, 3.05) is 0 Å². The van der Waals surface area contributed by atoms with Gasteiger partial charge in [0, 0.05) is 6.42 Å². The van der Waals surface area contributed by atoms with E-state index < -0.39 is 23.7 Å². The summed E-state index contributed by atoms with van der Waals surface area (Å²) in [6.07, 6.45) is -0.796. The Morgan fingerprint density at radius 2 is 1.60 bits per heavy atom. The molecule has 1 fully saturated rings. The molecule has 0 saturated heterocycles. The number of fused-ring (bicyclic) bond motifs is 1. The van der Waals surface area contributed by atoms with Crippen molar-refractivity contribution in [2.45, 2.75) is 37.0 Å².